The van der Waals surface area contributed by atoms with E-state index in [4.69, 9.17) is 9.47 Å². The number of aromatic hydroxyl groups is 1. The highest BCUT2D eigenvalue weighted by Gasteiger charge is 2.23. The Bertz CT molecular complexity index is 965. The number of phenols is 1. The van der Waals surface area contributed by atoms with Crippen LogP contribution in [0.4, 0.5) is 5.69 Å². The first kappa shape index (κ1) is 23.5. The van der Waals surface area contributed by atoms with E-state index in [1.165, 1.54) is 22.5 Å². The number of aryl methyl sites for hydroxylation is 1. The highest BCUT2D eigenvalue weighted by atomic mass is 32.2. The van der Waals surface area contributed by atoms with Gasteiger partial charge < -0.3 is 19.9 Å². The van der Waals surface area contributed by atoms with Crippen molar-refractivity contribution in [2.45, 2.75) is 31.6 Å². The number of rotatable bonds is 10. The number of hydrogen-bond acceptors (Lipinski definition) is 6. The second-order valence-corrected chi connectivity index (χ2v) is 8.48. The monoisotopic (exact) mass is 436 g/mol. The van der Waals surface area contributed by atoms with Crippen molar-refractivity contribution in [1.82, 2.24) is 4.31 Å². The maximum atomic E-state index is 12.7. The van der Waals surface area contributed by atoms with Crippen molar-refractivity contribution in [3.05, 3.63) is 42.0 Å². The van der Waals surface area contributed by atoms with Crippen LogP contribution < -0.4 is 14.8 Å². The predicted octanol–water partition coefficient (Wildman–Crippen LogP) is 3.01. The number of nitrogens with zero attached hydrogens (tertiary/aromatic N) is 1. The van der Waals surface area contributed by atoms with Crippen LogP contribution in [-0.4, -0.2) is 51.0 Å². The summed E-state index contributed by atoms with van der Waals surface area (Å²) in [6.07, 6.45) is 0.542. The van der Waals surface area contributed by atoms with Gasteiger partial charge in [-0.05, 0) is 42.3 Å². The second-order valence-electron chi connectivity index (χ2n) is 6.54. The Balaban J connectivity index is 2.14. The molecule has 0 aromatic heterocycles. The summed E-state index contributed by atoms with van der Waals surface area (Å²) in [5.41, 5.74) is 0.903. The fourth-order valence-corrected chi connectivity index (χ4v) is 4.45. The molecular weight excluding hydrogens is 408 g/mol. The lowest BCUT2D eigenvalue weighted by Crippen LogP contribution is -2.30. The first-order chi connectivity index (χ1) is 14.2. The lowest BCUT2D eigenvalue weighted by atomic mass is 10.1. The van der Waals surface area contributed by atoms with Crippen LogP contribution in [-0.2, 0) is 21.2 Å². The van der Waals surface area contributed by atoms with Crippen molar-refractivity contribution >= 4 is 21.6 Å². The molecule has 0 radical (unpaired) electrons. The number of amides is 1. The molecule has 0 heterocycles. The van der Waals surface area contributed by atoms with E-state index in [-0.39, 0.29) is 28.7 Å². The molecule has 2 aromatic carbocycles. The third kappa shape index (κ3) is 5.64. The van der Waals surface area contributed by atoms with Crippen molar-refractivity contribution in [3.63, 3.8) is 0 Å². The number of nitrogens with one attached hydrogen (secondary N) is 1. The number of methoxy groups -OCH3 is 2. The third-order valence-corrected chi connectivity index (χ3v) is 6.68. The quantitative estimate of drug-likeness (QED) is 0.555. The average Bonchev–Trinajstić information content (AvgIpc) is 2.74. The number of hydrogen-bond donors (Lipinski definition) is 2. The van der Waals surface area contributed by atoms with E-state index in [2.05, 4.69) is 5.32 Å². The Labute approximate surface area is 177 Å². The Hall–Kier alpha value is -2.78. The molecule has 8 nitrogen and oxygen atoms in total. The molecule has 0 aliphatic heterocycles. The normalized spacial score (nSPS) is 11.4. The number of anilines is 1. The van der Waals surface area contributed by atoms with Gasteiger partial charge in [0.05, 0.1) is 24.8 Å². The number of carbonyl (C=O) groups is 1. The molecule has 2 N–H and O–H groups in total. The molecule has 1 amide bonds. The third-order valence-electron chi connectivity index (χ3n) is 4.64. The van der Waals surface area contributed by atoms with E-state index >= 15 is 0 Å². The van der Waals surface area contributed by atoms with Gasteiger partial charge in [0, 0.05) is 25.6 Å². The van der Waals surface area contributed by atoms with Crippen molar-refractivity contribution in [2.75, 3.05) is 32.6 Å². The van der Waals surface area contributed by atoms with Crippen LogP contribution in [0.2, 0.25) is 0 Å². The summed E-state index contributed by atoms with van der Waals surface area (Å²) in [4.78, 5) is 12.4. The number of ether oxygens (including phenoxy) is 2. The summed E-state index contributed by atoms with van der Waals surface area (Å²) in [5.74, 6) is 0.683. The summed E-state index contributed by atoms with van der Waals surface area (Å²) in [6.45, 7) is 4.15. The lowest BCUT2D eigenvalue weighted by Gasteiger charge is -2.19. The van der Waals surface area contributed by atoms with Gasteiger partial charge >= 0.3 is 0 Å². The molecule has 0 fully saturated rings. The average molecular weight is 437 g/mol. The number of benzene rings is 2. The van der Waals surface area contributed by atoms with Crippen molar-refractivity contribution in [1.29, 1.82) is 0 Å². The van der Waals surface area contributed by atoms with E-state index in [0.29, 0.717) is 31.0 Å². The van der Waals surface area contributed by atoms with Crippen LogP contribution >= 0.6 is 0 Å². The van der Waals surface area contributed by atoms with Crippen LogP contribution in [0.5, 0.6) is 17.2 Å². The zero-order valence-corrected chi connectivity index (χ0v) is 18.5. The minimum Gasteiger partial charge on any atom is -0.506 e. The molecule has 0 spiro atoms. The maximum Gasteiger partial charge on any atom is 0.243 e. The molecule has 2 rings (SSSR count). The lowest BCUT2D eigenvalue weighted by molar-refractivity contribution is -0.116. The molecule has 0 aliphatic rings. The predicted molar refractivity (Wildman–Crippen MR) is 115 cm³/mol. The van der Waals surface area contributed by atoms with E-state index < -0.39 is 10.0 Å². The summed E-state index contributed by atoms with van der Waals surface area (Å²) < 4.78 is 37.1. The van der Waals surface area contributed by atoms with Gasteiger partial charge in [-0.3, -0.25) is 4.79 Å². The zero-order chi connectivity index (χ0) is 22.3. The minimum atomic E-state index is -3.70. The first-order valence-corrected chi connectivity index (χ1v) is 11.0. The molecule has 0 unspecified atom stereocenters. The highest BCUT2D eigenvalue weighted by molar-refractivity contribution is 7.89. The molecule has 2 aromatic rings. The standard InChI is InChI=1S/C21H28N2O6S/c1-5-23(6-2)30(26,27)18-8-9-20(24)19(14-18)22-21(25)10-7-15-11-16(28-3)13-17(12-15)29-4/h8-9,11-14,24H,5-7,10H2,1-4H3,(H,22,25). The molecule has 164 valence electrons. The van der Waals surface area contributed by atoms with E-state index in [1.807, 2.05) is 12.1 Å². The van der Waals surface area contributed by atoms with Crippen LogP contribution in [0.15, 0.2) is 41.3 Å². The molecular formula is C21H28N2O6S. The Morgan fingerprint density at radius 3 is 2.17 bits per heavy atom. The topological polar surface area (TPSA) is 105 Å². The molecule has 9 heteroatoms. The molecule has 0 atom stereocenters. The molecule has 0 saturated heterocycles. The molecule has 0 bridgehead atoms. The van der Waals surface area contributed by atoms with Gasteiger partial charge in [-0.25, -0.2) is 8.42 Å². The van der Waals surface area contributed by atoms with Gasteiger partial charge in [-0.2, -0.15) is 4.31 Å². The van der Waals surface area contributed by atoms with E-state index in [0.717, 1.165) is 5.56 Å². The minimum absolute atomic E-state index is 0.0110. The Morgan fingerprint density at radius 2 is 1.63 bits per heavy atom. The zero-order valence-electron chi connectivity index (χ0n) is 17.6. The van der Waals surface area contributed by atoms with Gasteiger partial charge in [0.25, 0.3) is 0 Å². The van der Waals surface area contributed by atoms with Gasteiger partial charge in [-0.1, -0.05) is 13.8 Å². The van der Waals surface area contributed by atoms with Crippen molar-refractivity contribution < 1.29 is 27.8 Å². The van der Waals surface area contributed by atoms with E-state index in [1.54, 1.807) is 34.1 Å². The van der Waals surface area contributed by atoms with Crippen LogP contribution in [0, 0.1) is 0 Å². The van der Waals surface area contributed by atoms with Gasteiger partial charge in [0.15, 0.2) is 0 Å². The van der Waals surface area contributed by atoms with Crippen LogP contribution in [0.3, 0.4) is 0 Å². The van der Waals surface area contributed by atoms with Crippen molar-refractivity contribution in [3.8, 4) is 17.2 Å². The summed E-state index contributed by atoms with van der Waals surface area (Å²) in [6, 6.07) is 9.22. The number of sulfonamides is 1. The fourth-order valence-electron chi connectivity index (χ4n) is 2.97. The van der Waals surface area contributed by atoms with Gasteiger partial charge in [0.2, 0.25) is 15.9 Å². The first-order valence-electron chi connectivity index (χ1n) is 9.60. The maximum absolute atomic E-state index is 12.7. The smallest absolute Gasteiger partial charge is 0.243 e. The number of carbonyl (C=O) groups excluding carboxylic acids is 1. The molecule has 0 saturated carbocycles. The number of phenolic OH excluding ortho intramolecular Hbond substituents is 1. The van der Waals surface area contributed by atoms with E-state index in [9.17, 15) is 18.3 Å². The van der Waals surface area contributed by atoms with Gasteiger partial charge in [0.1, 0.15) is 17.2 Å². The summed E-state index contributed by atoms with van der Waals surface area (Å²) >= 11 is 0. The Kier molecular flexibility index (Phi) is 8.08. The Morgan fingerprint density at radius 1 is 1.03 bits per heavy atom. The SMILES string of the molecule is CCN(CC)S(=O)(=O)c1ccc(O)c(NC(=O)CCc2cc(OC)cc(OC)c2)c1. The van der Waals surface area contributed by atoms with Crippen LogP contribution in [0.1, 0.15) is 25.8 Å². The fraction of sp³-hybridized carbons (Fsp3) is 0.381. The van der Waals surface area contributed by atoms with Gasteiger partial charge in [-0.15, -0.1) is 0 Å². The summed E-state index contributed by atoms with van der Waals surface area (Å²) in [7, 11) is -0.606. The largest absolute Gasteiger partial charge is 0.506 e. The second kappa shape index (κ2) is 10.3. The van der Waals surface area contributed by atoms with Crippen LogP contribution in [0.25, 0.3) is 0 Å². The highest BCUT2D eigenvalue weighted by Crippen LogP contribution is 2.28. The molecule has 0 aliphatic carbocycles. The summed E-state index contributed by atoms with van der Waals surface area (Å²) in [5, 5.41) is 12.7. The van der Waals surface area contributed by atoms with Crippen molar-refractivity contribution in [2.24, 2.45) is 0 Å². The molecule has 30 heavy (non-hydrogen) atoms.